The lowest BCUT2D eigenvalue weighted by atomic mass is 9.95. The zero-order valence-electron chi connectivity index (χ0n) is 15.7. The summed E-state index contributed by atoms with van der Waals surface area (Å²) in [7, 11) is 1.66. The summed E-state index contributed by atoms with van der Waals surface area (Å²) in [6.45, 7) is 6.87. The quantitative estimate of drug-likeness (QED) is 0.709. The summed E-state index contributed by atoms with van der Waals surface area (Å²) in [4.78, 5) is 19.0. The summed E-state index contributed by atoms with van der Waals surface area (Å²) < 4.78 is 18.2. The zero-order chi connectivity index (χ0) is 18.5. The third-order valence-corrected chi connectivity index (χ3v) is 4.93. The predicted octanol–water partition coefficient (Wildman–Crippen LogP) is 2.73. The highest BCUT2D eigenvalue weighted by molar-refractivity contribution is 5.91. The van der Waals surface area contributed by atoms with Crippen molar-refractivity contribution in [3.63, 3.8) is 0 Å². The van der Waals surface area contributed by atoms with Crippen LogP contribution in [0.15, 0.2) is 22.9 Å². The maximum absolute atomic E-state index is 12.6. The molecule has 1 saturated heterocycles. The highest BCUT2D eigenvalue weighted by Crippen LogP contribution is 2.28. The minimum Gasteiger partial charge on any atom is -0.456 e. The number of ether oxygens (including phenoxy) is 2. The standard InChI is InChI=1S/C19H27N3O4/c1-14-12-17(26-15(14)2)19(23)21-7-4-16(5-8-21)18-20-6-9-22(18)13-25-11-10-24-3/h6,9,12,16H,4-5,7-8,10-11,13H2,1-3H3. The van der Waals surface area contributed by atoms with Crippen LogP contribution in [0.3, 0.4) is 0 Å². The van der Waals surface area contributed by atoms with Crippen molar-refractivity contribution in [2.24, 2.45) is 0 Å². The van der Waals surface area contributed by atoms with E-state index in [2.05, 4.69) is 4.98 Å². The van der Waals surface area contributed by atoms with Gasteiger partial charge in [0.15, 0.2) is 5.76 Å². The van der Waals surface area contributed by atoms with Crippen LogP contribution in [-0.2, 0) is 16.2 Å². The first-order chi connectivity index (χ1) is 12.6. The first-order valence-electron chi connectivity index (χ1n) is 9.04. The lowest BCUT2D eigenvalue weighted by Crippen LogP contribution is -2.38. The summed E-state index contributed by atoms with van der Waals surface area (Å²) in [5.74, 6) is 2.58. The van der Waals surface area contributed by atoms with Gasteiger partial charge in [-0.1, -0.05) is 0 Å². The van der Waals surface area contributed by atoms with Crippen LogP contribution >= 0.6 is 0 Å². The molecule has 26 heavy (non-hydrogen) atoms. The first kappa shape index (κ1) is 18.7. The Balaban J connectivity index is 1.55. The van der Waals surface area contributed by atoms with Crippen LogP contribution in [0, 0.1) is 13.8 Å². The van der Waals surface area contributed by atoms with E-state index < -0.39 is 0 Å². The van der Waals surface area contributed by atoms with Crippen molar-refractivity contribution in [1.82, 2.24) is 14.5 Å². The monoisotopic (exact) mass is 361 g/mol. The summed E-state index contributed by atoms with van der Waals surface area (Å²) in [5, 5.41) is 0. The van der Waals surface area contributed by atoms with Crippen molar-refractivity contribution < 1.29 is 18.7 Å². The number of likely N-dealkylation sites (tertiary alicyclic amines) is 1. The van der Waals surface area contributed by atoms with E-state index in [9.17, 15) is 4.79 Å². The Kier molecular flexibility index (Phi) is 6.11. The Morgan fingerprint density at radius 3 is 2.73 bits per heavy atom. The molecule has 1 fully saturated rings. The Labute approximate surface area is 153 Å². The molecule has 1 aliphatic rings. The molecule has 0 spiro atoms. The van der Waals surface area contributed by atoms with E-state index in [0.29, 0.717) is 44.7 Å². The Morgan fingerprint density at radius 1 is 1.31 bits per heavy atom. The lowest BCUT2D eigenvalue weighted by molar-refractivity contribution is 0.0318. The van der Waals surface area contributed by atoms with Gasteiger partial charge in [0.1, 0.15) is 18.3 Å². The smallest absolute Gasteiger partial charge is 0.289 e. The fourth-order valence-electron chi connectivity index (χ4n) is 3.27. The Hall–Kier alpha value is -2.12. The first-order valence-corrected chi connectivity index (χ1v) is 9.04. The van der Waals surface area contributed by atoms with Crippen molar-refractivity contribution in [3.05, 3.63) is 41.4 Å². The highest BCUT2D eigenvalue weighted by atomic mass is 16.5. The molecule has 142 valence electrons. The van der Waals surface area contributed by atoms with Gasteiger partial charge in [0.25, 0.3) is 5.91 Å². The molecule has 3 heterocycles. The van der Waals surface area contributed by atoms with Gasteiger partial charge in [0, 0.05) is 38.5 Å². The molecule has 0 atom stereocenters. The molecule has 0 unspecified atom stereocenters. The molecule has 0 radical (unpaired) electrons. The number of hydrogen-bond acceptors (Lipinski definition) is 5. The van der Waals surface area contributed by atoms with E-state index in [1.165, 1.54) is 0 Å². The van der Waals surface area contributed by atoms with Gasteiger partial charge in [-0.3, -0.25) is 4.79 Å². The van der Waals surface area contributed by atoms with Crippen LogP contribution in [0.4, 0.5) is 0 Å². The van der Waals surface area contributed by atoms with E-state index in [4.69, 9.17) is 13.9 Å². The highest BCUT2D eigenvalue weighted by Gasteiger charge is 2.28. The molecule has 0 aromatic carbocycles. The minimum absolute atomic E-state index is 0.0223. The molecule has 7 heteroatoms. The second-order valence-corrected chi connectivity index (χ2v) is 6.70. The zero-order valence-corrected chi connectivity index (χ0v) is 15.7. The minimum atomic E-state index is -0.0223. The fraction of sp³-hybridized carbons (Fsp3) is 0.579. The van der Waals surface area contributed by atoms with E-state index >= 15 is 0 Å². The van der Waals surface area contributed by atoms with E-state index in [-0.39, 0.29) is 5.91 Å². The van der Waals surface area contributed by atoms with Crippen LogP contribution in [0.1, 0.15) is 46.5 Å². The van der Waals surface area contributed by atoms with Crippen LogP contribution in [0.5, 0.6) is 0 Å². The number of methoxy groups -OCH3 is 1. The maximum Gasteiger partial charge on any atom is 0.289 e. The maximum atomic E-state index is 12.6. The van der Waals surface area contributed by atoms with Crippen molar-refractivity contribution >= 4 is 5.91 Å². The van der Waals surface area contributed by atoms with E-state index in [1.807, 2.05) is 35.6 Å². The number of nitrogens with zero attached hydrogens (tertiary/aromatic N) is 3. The van der Waals surface area contributed by atoms with Crippen molar-refractivity contribution in [2.75, 3.05) is 33.4 Å². The van der Waals surface area contributed by atoms with Crippen LogP contribution in [0.2, 0.25) is 0 Å². The summed E-state index contributed by atoms with van der Waals surface area (Å²) in [6, 6.07) is 1.83. The number of amides is 1. The molecule has 0 bridgehead atoms. The molecule has 0 N–H and O–H groups in total. The van der Waals surface area contributed by atoms with E-state index in [0.717, 1.165) is 30.0 Å². The van der Waals surface area contributed by atoms with Crippen molar-refractivity contribution in [3.8, 4) is 0 Å². The largest absolute Gasteiger partial charge is 0.456 e. The van der Waals surface area contributed by atoms with Crippen LogP contribution in [-0.4, -0.2) is 53.8 Å². The van der Waals surface area contributed by atoms with Gasteiger partial charge in [-0.15, -0.1) is 0 Å². The van der Waals surface area contributed by atoms with Gasteiger partial charge in [-0.25, -0.2) is 4.98 Å². The number of carbonyl (C=O) groups is 1. The molecule has 2 aromatic heterocycles. The molecular weight excluding hydrogens is 334 g/mol. The Bertz CT molecular complexity index is 709. The number of hydrogen-bond donors (Lipinski definition) is 0. The molecular formula is C19H27N3O4. The molecule has 2 aromatic rings. The molecule has 0 saturated carbocycles. The molecule has 7 nitrogen and oxygen atoms in total. The average molecular weight is 361 g/mol. The third kappa shape index (κ3) is 4.16. The number of aryl methyl sites for hydroxylation is 2. The lowest BCUT2D eigenvalue weighted by Gasteiger charge is -2.31. The number of piperidine rings is 1. The number of aromatic nitrogens is 2. The predicted molar refractivity (Wildman–Crippen MR) is 96.1 cm³/mol. The van der Waals surface area contributed by atoms with Gasteiger partial charge in [-0.05, 0) is 38.3 Å². The SMILES string of the molecule is COCCOCn1ccnc1C1CCN(C(=O)c2cc(C)c(C)o2)CC1. The molecule has 3 rings (SSSR count). The number of imidazole rings is 1. The van der Waals surface area contributed by atoms with Crippen LogP contribution in [0.25, 0.3) is 0 Å². The van der Waals surface area contributed by atoms with Crippen molar-refractivity contribution in [1.29, 1.82) is 0 Å². The van der Waals surface area contributed by atoms with Gasteiger partial charge in [0.2, 0.25) is 0 Å². The molecule has 0 aliphatic carbocycles. The molecule has 1 aliphatic heterocycles. The third-order valence-electron chi connectivity index (χ3n) is 4.93. The van der Waals surface area contributed by atoms with E-state index in [1.54, 1.807) is 13.3 Å². The average Bonchev–Trinajstić information content (AvgIpc) is 3.25. The van der Waals surface area contributed by atoms with Gasteiger partial charge in [-0.2, -0.15) is 0 Å². The second-order valence-electron chi connectivity index (χ2n) is 6.70. The topological polar surface area (TPSA) is 69.7 Å². The normalized spacial score (nSPS) is 15.6. The summed E-state index contributed by atoms with van der Waals surface area (Å²) in [6.07, 6.45) is 5.52. The van der Waals surface area contributed by atoms with Gasteiger partial charge in [0.05, 0.1) is 13.2 Å². The van der Waals surface area contributed by atoms with Gasteiger partial charge < -0.3 is 23.4 Å². The van der Waals surface area contributed by atoms with Gasteiger partial charge >= 0.3 is 0 Å². The van der Waals surface area contributed by atoms with Crippen LogP contribution < -0.4 is 0 Å². The number of rotatable bonds is 7. The summed E-state index contributed by atoms with van der Waals surface area (Å²) in [5.41, 5.74) is 1.01. The Morgan fingerprint density at radius 2 is 2.08 bits per heavy atom. The van der Waals surface area contributed by atoms with Crippen molar-refractivity contribution in [2.45, 2.75) is 39.3 Å². The molecule has 1 amide bonds. The summed E-state index contributed by atoms with van der Waals surface area (Å²) >= 11 is 0. The fourth-order valence-corrected chi connectivity index (χ4v) is 3.27. The second kappa shape index (κ2) is 8.51. The number of furan rings is 1. The number of carbonyl (C=O) groups excluding carboxylic acids is 1.